The van der Waals surface area contributed by atoms with E-state index >= 15 is 0 Å². The van der Waals surface area contributed by atoms with E-state index in [1.165, 1.54) is 4.68 Å². The van der Waals surface area contributed by atoms with E-state index < -0.39 is 9.84 Å². The van der Waals surface area contributed by atoms with Gasteiger partial charge in [-0.1, -0.05) is 35.5 Å². The second-order valence-electron chi connectivity index (χ2n) is 6.42. The van der Waals surface area contributed by atoms with Gasteiger partial charge in [0.1, 0.15) is 12.2 Å². The summed E-state index contributed by atoms with van der Waals surface area (Å²) < 4.78 is 25.4. The second-order valence-corrected chi connectivity index (χ2v) is 8.76. The first kappa shape index (κ1) is 15.3. The molecule has 0 aliphatic carbocycles. The Morgan fingerprint density at radius 1 is 1.21 bits per heavy atom. The maximum Gasteiger partial charge on any atom is 0.244 e. The molecule has 1 aromatic heterocycles. The van der Waals surface area contributed by atoms with Crippen molar-refractivity contribution in [1.82, 2.24) is 19.9 Å². The molecule has 4 rings (SSSR count). The molecule has 126 valence electrons. The molecule has 1 aromatic carbocycles. The number of amides is 1. The minimum Gasteiger partial charge on any atom is -0.339 e. The monoisotopic (exact) mass is 346 g/mol. The van der Waals surface area contributed by atoms with Gasteiger partial charge in [0.15, 0.2) is 9.84 Å². The third kappa shape index (κ3) is 2.71. The van der Waals surface area contributed by atoms with Crippen LogP contribution in [0.25, 0.3) is 11.3 Å². The summed E-state index contributed by atoms with van der Waals surface area (Å²) in [7, 11) is -3.02. The Hall–Kier alpha value is -2.22. The normalized spacial score (nSPS) is 24.9. The Labute approximate surface area is 140 Å². The van der Waals surface area contributed by atoms with Crippen LogP contribution in [-0.2, 0) is 21.2 Å². The smallest absolute Gasteiger partial charge is 0.244 e. The van der Waals surface area contributed by atoms with E-state index in [4.69, 9.17) is 0 Å². The summed E-state index contributed by atoms with van der Waals surface area (Å²) in [6.07, 6.45) is 2.40. The fraction of sp³-hybridized carbons (Fsp3) is 0.438. The second kappa shape index (κ2) is 5.70. The molecule has 1 amide bonds. The minimum atomic E-state index is -3.02. The first-order valence-electron chi connectivity index (χ1n) is 7.98. The molecule has 0 bridgehead atoms. The van der Waals surface area contributed by atoms with Crippen molar-refractivity contribution < 1.29 is 13.2 Å². The van der Waals surface area contributed by atoms with Crippen molar-refractivity contribution >= 4 is 15.7 Å². The molecule has 2 atom stereocenters. The lowest BCUT2D eigenvalue weighted by atomic mass is 10.1. The SMILES string of the molecule is O=C(Cn1cc(-c2ccccc2)nn1)N1C[C@@H]2CCS(=O)(=O)[C@@H]2C1. The third-order valence-corrected chi connectivity index (χ3v) is 7.13. The molecular weight excluding hydrogens is 328 g/mol. The summed E-state index contributed by atoms with van der Waals surface area (Å²) in [6.45, 7) is 0.925. The zero-order chi connectivity index (χ0) is 16.7. The topological polar surface area (TPSA) is 85.2 Å². The predicted molar refractivity (Wildman–Crippen MR) is 87.7 cm³/mol. The number of likely N-dealkylation sites (tertiary alicyclic amines) is 1. The van der Waals surface area contributed by atoms with Crippen LogP contribution in [0.3, 0.4) is 0 Å². The number of rotatable bonds is 3. The van der Waals surface area contributed by atoms with Gasteiger partial charge >= 0.3 is 0 Å². The number of aromatic nitrogens is 3. The van der Waals surface area contributed by atoms with Crippen LogP contribution in [0.4, 0.5) is 0 Å². The Morgan fingerprint density at radius 3 is 2.75 bits per heavy atom. The lowest BCUT2D eigenvalue weighted by Crippen LogP contribution is -2.34. The van der Waals surface area contributed by atoms with Crippen molar-refractivity contribution in [2.24, 2.45) is 5.92 Å². The molecule has 2 saturated heterocycles. The molecule has 3 heterocycles. The number of fused-ring (bicyclic) bond motifs is 1. The fourth-order valence-corrected chi connectivity index (χ4v) is 5.70. The highest BCUT2D eigenvalue weighted by Gasteiger charge is 2.47. The average molecular weight is 346 g/mol. The van der Waals surface area contributed by atoms with Crippen molar-refractivity contribution in [2.75, 3.05) is 18.8 Å². The highest BCUT2D eigenvalue weighted by molar-refractivity contribution is 7.92. The maximum atomic E-state index is 12.4. The lowest BCUT2D eigenvalue weighted by molar-refractivity contribution is -0.131. The molecule has 2 aliphatic heterocycles. The van der Waals surface area contributed by atoms with Crippen molar-refractivity contribution in [1.29, 1.82) is 0 Å². The van der Waals surface area contributed by atoms with E-state index in [-0.39, 0.29) is 29.4 Å². The van der Waals surface area contributed by atoms with Crippen LogP contribution in [-0.4, -0.2) is 58.3 Å². The van der Waals surface area contributed by atoms with Crippen molar-refractivity contribution in [2.45, 2.75) is 18.2 Å². The maximum absolute atomic E-state index is 12.4. The molecule has 2 fully saturated rings. The van der Waals surface area contributed by atoms with E-state index in [0.29, 0.717) is 25.2 Å². The van der Waals surface area contributed by atoms with Gasteiger partial charge in [0.25, 0.3) is 0 Å². The van der Waals surface area contributed by atoms with E-state index in [1.54, 1.807) is 11.1 Å². The van der Waals surface area contributed by atoms with E-state index in [9.17, 15) is 13.2 Å². The average Bonchev–Trinajstić information content (AvgIpc) is 3.26. The van der Waals surface area contributed by atoms with Crippen molar-refractivity contribution in [3.05, 3.63) is 36.5 Å². The zero-order valence-electron chi connectivity index (χ0n) is 13.1. The van der Waals surface area contributed by atoms with Gasteiger partial charge in [0.2, 0.25) is 5.91 Å². The quantitative estimate of drug-likeness (QED) is 0.812. The molecule has 7 nitrogen and oxygen atoms in total. The molecular formula is C16H18N4O3S. The number of nitrogens with zero attached hydrogens (tertiary/aromatic N) is 4. The highest BCUT2D eigenvalue weighted by Crippen LogP contribution is 2.33. The van der Waals surface area contributed by atoms with Crippen LogP contribution in [0.5, 0.6) is 0 Å². The summed E-state index contributed by atoms with van der Waals surface area (Å²) >= 11 is 0. The standard InChI is InChI=1S/C16H18N4O3S/c21-16(19-8-13-6-7-24(22,23)15(13)10-19)11-20-9-14(17-18-20)12-4-2-1-3-5-12/h1-5,9,13,15H,6-8,10-11H2/t13-,15+/m0/s1. The summed E-state index contributed by atoms with van der Waals surface area (Å²) in [5.74, 6) is 0.243. The fourth-order valence-electron chi connectivity index (χ4n) is 3.55. The van der Waals surface area contributed by atoms with Crippen molar-refractivity contribution in [3.63, 3.8) is 0 Å². The van der Waals surface area contributed by atoms with Crippen LogP contribution in [0, 0.1) is 5.92 Å². The molecule has 2 aromatic rings. The van der Waals surface area contributed by atoms with Gasteiger partial charge in [-0.25, -0.2) is 13.1 Å². The van der Waals surface area contributed by atoms with Gasteiger partial charge in [-0.15, -0.1) is 5.10 Å². The third-order valence-electron chi connectivity index (χ3n) is 4.87. The summed E-state index contributed by atoms with van der Waals surface area (Å²) in [5.41, 5.74) is 1.65. The molecule has 2 aliphatic rings. The van der Waals surface area contributed by atoms with Crippen molar-refractivity contribution in [3.8, 4) is 11.3 Å². The number of carbonyl (C=O) groups is 1. The van der Waals surface area contributed by atoms with Crippen LogP contribution >= 0.6 is 0 Å². The predicted octanol–water partition coefficient (Wildman–Crippen LogP) is 0.591. The largest absolute Gasteiger partial charge is 0.339 e. The highest BCUT2D eigenvalue weighted by atomic mass is 32.2. The molecule has 0 radical (unpaired) electrons. The molecule has 8 heteroatoms. The van der Waals surface area contributed by atoms with Crippen LogP contribution in [0.15, 0.2) is 36.5 Å². The van der Waals surface area contributed by atoms with Crippen LogP contribution < -0.4 is 0 Å². The Balaban J connectivity index is 1.43. The summed E-state index contributed by atoms with van der Waals surface area (Å²) in [4.78, 5) is 14.1. The number of hydrogen-bond donors (Lipinski definition) is 0. The Morgan fingerprint density at radius 2 is 2.00 bits per heavy atom. The van der Waals surface area contributed by atoms with Gasteiger partial charge < -0.3 is 4.90 Å². The summed E-state index contributed by atoms with van der Waals surface area (Å²) in [5, 5.41) is 7.72. The molecule has 0 unspecified atom stereocenters. The van der Waals surface area contributed by atoms with Gasteiger partial charge in [0, 0.05) is 18.7 Å². The molecule has 24 heavy (non-hydrogen) atoms. The van der Waals surface area contributed by atoms with Gasteiger partial charge in [-0.2, -0.15) is 0 Å². The van der Waals surface area contributed by atoms with E-state index in [0.717, 1.165) is 5.56 Å². The van der Waals surface area contributed by atoms with E-state index in [2.05, 4.69) is 10.3 Å². The van der Waals surface area contributed by atoms with E-state index in [1.807, 2.05) is 30.3 Å². The van der Waals surface area contributed by atoms with Gasteiger partial charge in [-0.05, 0) is 12.3 Å². The van der Waals surface area contributed by atoms with Crippen LogP contribution in [0.1, 0.15) is 6.42 Å². The Bertz CT molecular complexity index is 862. The number of carbonyl (C=O) groups excluding carboxylic acids is 1. The van der Waals surface area contributed by atoms with Gasteiger partial charge in [0.05, 0.1) is 17.2 Å². The van der Waals surface area contributed by atoms with Crippen LogP contribution in [0.2, 0.25) is 0 Å². The minimum absolute atomic E-state index is 0.0827. The lowest BCUT2D eigenvalue weighted by Gasteiger charge is -2.16. The zero-order valence-corrected chi connectivity index (χ0v) is 13.9. The van der Waals surface area contributed by atoms with Gasteiger partial charge in [-0.3, -0.25) is 4.79 Å². The molecule has 0 N–H and O–H groups in total. The molecule has 0 saturated carbocycles. The first-order chi connectivity index (χ1) is 11.5. The summed E-state index contributed by atoms with van der Waals surface area (Å²) in [6, 6.07) is 9.63. The first-order valence-corrected chi connectivity index (χ1v) is 9.69. The number of sulfone groups is 1. The molecule has 0 spiro atoms. The number of hydrogen-bond acceptors (Lipinski definition) is 5. The Kier molecular flexibility index (Phi) is 3.64. The number of benzene rings is 1.